The lowest BCUT2D eigenvalue weighted by Gasteiger charge is -2.15. The van der Waals surface area contributed by atoms with Crippen molar-refractivity contribution < 1.29 is 8.42 Å². The Bertz CT molecular complexity index is 1390. The van der Waals surface area contributed by atoms with Crippen molar-refractivity contribution in [2.75, 3.05) is 18.8 Å². The van der Waals surface area contributed by atoms with Crippen molar-refractivity contribution in [1.29, 1.82) is 0 Å². The summed E-state index contributed by atoms with van der Waals surface area (Å²) in [6, 6.07) is 9.39. The first-order valence-corrected chi connectivity index (χ1v) is 11.8. The van der Waals surface area contributed by atoms with Gasteiger partial charge < -0.3 is 0 Å². The molecular weight excluding hydrogens is 426 g/mol. The molecule has 9 nitrogen and oxygen atoms in total. The molecule has 0 amide bonds. The highest BCUT2D eigenvalue weighted by atomic mass is 32.2. The van der Waals surface area contributed by atoms with E-state index in [4.69, 9.17) is 4.98 Å². The predicted octanol–water partition coefficient (Wildman–Crippen LogP) is 2.87. The monoisotopic (exact) mass is 449 g/mol. The average molecular weight is 450 g/mol. The Morgan fingerprint density at radius 3 is 2.62 bits per heavy atom. The molecule has 1 aliphatic rings. The highest BCUT2D eigenvalue weighted by Gasteiger charge is 2.26. The summed E-state index contributed by atoms with van der Waals surface area (Å²) in [6.45, 7) is 0. The van der Waals surface area contributed by atoms with Crippen molar-refractivity contribution in [3.63, 3.8) is 0 Å². The molecule has 0 aromatic carbocycles. The maximum absolute atomic E-state index is 12.4. The van der Waals surface area contributed by atoms with Gasteiger partial charge in [-0.2, -0.15) is 17.8 Å². The lowest BCUT2D eigenvalue weighted by atomic mass is 10.1. The van der Waals surface area contributed by atoms with Crippen molar-refractivity contribution in [3.05, 3.63) is 72.3 Å². The third kappa shape index (κ3) is 4.19. The number of nitrogens with one attached hydrogen (secondary N) is 1. The molecular formula is C22H23N7O2S. The van der Waals surface area contributed by atoms with Gasteiger partial charge >= 0.3 is 10.2 Å². The second-order valence-corrected chi connectivity index (χ2v) is 9.97. The Balaban J connectivity index is 1.48. The van der Waals surface area contributed by atoms with Crippen molar-refractivity contribution in [2.24, 2.45) is 0 Å². The molecule has 1 aliphatic carbocycles. The molecule has 32 heavy (non-hydrogen) atoms. The molecule has 5 rings (SSSR count). The van der Waals surface area contributed by atoms with Gasteiger partial charge in [0.15, 0.2) is 0 Å². The molecule has 0 bridgehead atoms. The summed E-state index contributed by atoms with van der Waals surface area (Å²) in [6.07, 6.45) is 9.99. The summed E-state index contributed by atoms with van der Waals surface area (Å²) >= 11 is 0. The number of anilines is 1. The molecule has 10 heteroatoms. The van der Waals surface area contributed by atoms with Crippen molar-refractivity contribution >= 4 is 21.4 Å². The third-order valence-corrected chi connectivity index (χ3v) is 6.85. The SMILES string of the molecule is CN(C)S(=O)(=O)Nc1cc(-c2ccnc(Cc3ccnc(C4CC4)n3)c2)cn2nccc12. The minimum absolute atomic E-state index is 0.455. The van der Waals surface area contributed by atoms with Gasteiger partial charge in [-0.15, -0.1) is 0 Å². The van der Waals surface area contributed by atoms with E-state index in [1.54, 1.807) is 23.0 Å². The van der Waals surface area contributed by atoms with E-state index in [1.807, 2.05) is 36.7 Å². The number of hydrogen-bond donors (Lipinski definition) is 1. The van der Waals surface area contributed by atoms with Gasteiger partial charge in [-0.3, -0.25) is 9.71 Å². The molecule has 0 aliphatic heterocycles. The molecule has 1 N–H and O–H groups in total. The topological polar surface area (TPSA) is 105 Å². The van der Waals surface area contributed by atoms with Gasteiger partial charge in [-0.05, 0) is 48.7 Å². The second kappa shape index (κ2) is 7.95. The normalized spacial score (nSPS) is 14.2. The fourth-order valence-electron chi connectivity index (χ4n) is 3.49. The Kier molecular flexibility index (Phi) is 5.10. The van der Waals surface area contributed by atoms with Crippen LogP contribution in [-0.4, -0.2) is 51.4 Å². The first-order valence-electron chi connectivity index (χ1n) is 10.3. The summed E-state index contributed by atoms with van der Waals surface area (Å²) in [5, 5.41) is 4.30. The molecule has 1 fully saturated rings. The third-order valence-electron chi connectivity index (χ3n) is 5.41. The Morgan fingerprint density at radius 2 is 1.84 bits per heavy atom. The number of pyridine rings is 2. The van der Waals surface area contributed by atoms with Crippen LogP contribution in [0.3, 0.4) is 0 Å². The zero-order valence-corrected chi connectivity index (χ0v) is 18.6. The average Bonchev–Trinajstić information content (AvgIpc) is 3.51. The van der Waals surface area contributed by atoms with Crippen LogP contribution >= 0.6 is 0 Å². The van der Waals surface area contributed by atoms with Crippen molar-refractivity contribution in [3.8, 4) is 11.1 Å². The first-order chi connectivity index (χ1) is 15.4. The lowest BCUT2D eigenvalue weighted by Crippen LogP contribution is -2.29. The van der Waals surface area contributed by atoms with Crippen LogP contribution in [-0.2, 0) is 16.6 Å². The van der Waals surface area contributed by atoms with E-state index in [-0.39, 0.29) is 0 Å². The fraction of sp³-hybridized carbons (Fsp3) is 0.273. The summed E-state index contributed by atoms with van der Waals surface area (Å²) in [4.78, 5) is 13.6. The van der Waals surface area contributed by atoms with Gasteiger partial charge in [0, 0.05) is 56.3 Å². The van der Waals surface area contributed by atoms with Gasteiger partial charge in [0.2, 0.25) is 0 Å². The smallest absolute Gasteiger partial charge is 0.269 e. The Morgan fingerprint density at radius 1 is 1.03 bits per heavy atom. The molecule has 0 unspecified atom stereocenters. The number of fused-ring (bicyclic) bond motifs is 1. The quantitative estimate of drug-likeness (QED) is 0.465. The van der Waals surface area contributed by atoms with Crippen LogP contribution in [0, 0.1) is 0 Å². The van der Waals surface area contributed by atoms with Crippen LogP contribution in [0.2, 0.25) is 0 Å². The van der Waals surface area contributed by atoms with E-state index >= 15 is 0 Å². The Hall–Kier alpha value is -3.37. The van der Waals surface area contributed by atoms with Gasteiger partial charge in [0.1, 0.15) is 5.82 Å². The van der Waals surface area contributed by atoms with E-state index in [0.717, 1.165) is 45.5 Å². The van der Waals surface area contributed by atoms with Crippen LogP contribution in [0.1, 0.15) is 36.0 Å². The highest BCUT2D eigenvalue weighted by Crippen LogP contribution is 2.37. The largest absolute Gasteiger partial charge is 0.301 e. The molecule has 4 aromatic heterocycles. The summed E-state index contributed by atoms with van der Waals surface area (Å²) in [5.74, 6) is 1.42. The maximum Gasteiger partial charge on any atom is 0.301 e. The highest BCUT2D eigenvalue weighted by molar-refractivity contribution is 7.90. The molecule has 4 aromatic rings. The molecule has 1 saturated carbocycles. The van der Waals surface area contributed by atoms with Gasteiger partial charge in [0.25, 0.3) is 0 Å². The second-order valence-electron chi connectivity index (χ2n) is 8.09. The minimum Gasteiger partial charge on any atom is -0.269 e. The predicted molar refractivity (Wildman–Crippen MR) is 121 cm³/mol. The molecule has 164 valence electrons. The minimum atomic E-state index is -3.66. The lowest BCUT2D eigenvalue weighted by molar-refractivity contribution is 0.527. The van der Waals surface area contributed by atoms with Crippen LogP contribution < -0.4 is 4.72 Å². The summed E-state index contributed by atoms with van der Waals surface area (Å²) in [7, 11) is -0.693. The van der Waals surface area contributed by atoms with Crippen LogP contribution in [0.15, 0.2) is 55.1 Å². The molecule has 0 radical (unpaired) electrons. The molecule has 0 spiro atoms. The number of rotatable bonds is 7. The summed E-state index contributed by atoms with van der Waals surface area (Å²) < 4.78 is 30.3. The van der Waals surface area contributed by atoms with Crippen LogP contribution in [0.4, 0.5) is 5.69 Å². The zero-order chi connectivity index (χ0) is 22.3. The van der Waals surface area contributed by atoms with E-state index < -0.39 is 10.2 Å². The van der Waals surface area contributed by atoms with E-state index in [9.17, 15) is 8.42 Å². The van der Waals surface area contributed by atoms with Gasteiger partial charge in [-0.25, -0.2) is 14.5 Å². The Labute approximate surface area is 186 Å². The molecule has 0 saturated heterocycles. The summed E-state index contributed by atoms with van der Waals surface area (Å²) in [5.41, 5.74) is 4.67. The van der Waals surface area contributed by atoms with Crippen LogP contribution in [0.5, 0.6) is 0 Å². The van der Waals surface area contributed by atoms with Crippen molar-refractivity contribution in [2.45, 2.75) is 25.2 Å². The number of nitrogens with zero attached hydrogens (tertiary/aromatic N) is 6. The standard InChI is InChI=1S/C22H23N7O2S/c1-28(2)32(30,31)27-20-12-17(14-29-21(20)7-10-25-29)16-5-8-23-19(11-16)13-18-6-9-24-22(26-18)15-3-4-15/h5-12,14-15,27H,3-4,13H2,1-2H3. The molecule has 0 atom stereocenters. The van der Waals surface area contributed by atoms with E-state index in [0.29, 0.717) is 23.5 Å². The molecule has 4 heterocycles. The number of aromatic nitrogens is 5. The van der Waals surface area contributed by atoms with Gasteiger partial charge in [-0.1, -0.05) is 0 Å². The first kappa shape index (κ1) is 20.5. The maximum atomic E-state index is 12.4. The van der Waals surface area contributed by atoms with Gasteiger partial charge in [0.05, 0.1) is 23.1 Å². The van der Waals surface area contributed by atoms with Crippen LogP contribution in [0.25, 0.3) is 16.6 Å². The van der Waals surface area contributed by atoms with E-state index in [1.165, 1.54) is 14.1 Å². The van der Waals surface area contributed by atoms with E-state index in [2.05, 4.69) is 19.8 Å². The number of hydrogen-bond acceptors (Lipinski definition) is 6. The van der Waals surface area contributed by atoms with Crippen molar-refractivity contribution in [1.82, 2.24) is 28.9 Å². The fourth-order valence-corrected chi connectivity index (χ4v) is 4.11. The zero-order valence-electron chi connectivity index (χ0n) is 17.8.